The van der Waals surface area contributed by atoms with Gasteiger partial charge in [-0.25, -0.2) is 0 Å². The van der Waals surface area contributed by atoms with Crippen molar-refractivity contribution in [2.24, 2.45) is 0 Å². The number of carbonyl (C=O) groups is 1. The average Bonchev–Trinajstić information content (AvgIpc) is 3.22. The van der Waals surface area contributed by atoms with Crippen molar-refractivity contribution in [1.29, 1.82) is 0 Å². The third kappa shape index (κ3) is 5.05. The Bertz CT molecular complexity index is 543. The second kappa shape index (κ2) is 9.15. The van der Waals surface area contributed by atoms with Crippen molar-refractivity contribution < 1.29 is 4.79 Å². The average molecular weight is 364 g/mol. The van der Waals surface area contributed by atoms with E-state index in [4.69, 9.17) is 0 Å². The van der Waals surface area contributed by atoms with Crippen LogP contribution in [0.2, 0.25) is 0 Å². The van der Waals surface area contributed by atoms with Gasteiger partial charge in [0.2, 0.25) is 0 Å². The van der Waals surface area contributed by atoms with Crippen molar-refractivity contribution in [2.45, 2.75) is 64.5 Å². The van der Waals surface area contributed by atoms with Crippen LogP contribution in [-0.2, 0) is 0 Å². The maximum atomic E-state index is 13.1. The largest absolute Gasteiger partial charge is 0.334 e. The lowest BCUT2D eigenvalue weighted by molar-refractivity contribution is 0.0687. The summed E-state index contributed by atoms with van der Waals surface area (Å²) in [5.74, 6) is 0.207. The van der Waals surface area contributed by atoms with E-state index in [0.29, 0.717) is 6.04 Å². The van der Waals surface area contributed by atoms with E-state index in [-0.39, 0.29) is 11.9 Å². The molecule has 0 unspecified atom stereocenters. The highest BCUT2D eigenvalue weighted by atomic mass is 32.1. The maximum absolute atomic E-state index is 13.1. The van der Waals surface area contributed by atoms with Crippen LogP contribution < -0.4 is 5.32 Å². The molecule has 0 saturated carbocycles. The molecular weight excluding hydrogens is 330 g/mol. The van der Waals surface area contributed by atoms with Crippen LogP contribution in [0.5, 0.6) is 0 Å². The molecule has 25 heavy (non-hydrogen) atoms. The number of thiophene rings is 1. The topological polar surface area (TPSA) is 35.6 Å². The van der Waals surface area contributed by atoms with Crippen molar-refractivity contribution in [3.8, 4) is 0 Å². The van der Waals surface area contributed by atoms with Gasteiger partial charge in [-0.15, -0.1) is 11.3 Å². The Labute approximate surface area is 156 Å². The van der Waals surface area contributed by atoms with Crippen molar-refractivity contribution in [2.75, 3.05) is 32.7 Å². The van der Waals surface area contributed by atoms with E-state index in [2.05, 4.69) is 35.0 Å². The van der Waals surface area contributed by atoms with Gasteiger partial charge >= 0.3 is 0 Å². The lowest BCUT2D eigenvalue weighted by atomic mass is 10.2. The maximum Gasteiger partial charge on any atom is 0.264 e. The predicted octanol–water partition coefficient (Wildman–Crippen LogP) is 3.90. The fraction of sp³-hybridized carbons (Fsp3) is 0.750. The van der Waals surface area contributed by atoms with Crippen molar-refractivity contribution in [3.05, 3.63) is 21.9 Å². The first-order valence-corrected chi connectivity index (χ1v) is 10.8. The van der Waals surface area contributed by atoms with E-state index in [0.717, 1.165) is 24.5 Å². The zero-order valence-electron chi connectivity index (χ0n) is 15.8. The Hall–Kier alpha value is -0.910. The molecule has 3 rings (SSSR count). The molecule has 0 radical (unpaired) electrons. The number of hydrogen-bond donors (Lipinski definition) is 1. The van der Waals surface area contributed by atoms with Crippen molar-refractivity contribution in [1.82, 2.24) is 15.1 Å². The molecule has 3 heterocycles. The van der Waals surface area contributed by atoms with E-state index in [1.54, 1.807) is 11.3 Å². The summed E-state index contributed by atoms with van der Waals surface area (Å²) in [7, 11) is 0. The summed E-state index contributed by atoms with van der Waals surface area (Å²) < 4.78 is 0. The third-order valence-electron chi connectivity index (χ3n) is 5.48. The molecule has 1 amide bonds. The highest BCUT2D eigenvalue weighted by Gasteiger charge is 2.24. The van der Waals surface area contributed by atoms with E-state index < -0.39 is 0 Å². The summed E-state index contributed by atoms with van der Waals surface area (Å²) in [6, 6.07) is 4.88. The van der Waals surface area contributed by atoms with Crippen LogP contribution in [0.25, 0.3) is 0 Å². The number of amides is 1. The van der Waals surface area contributed by atoms with Gasteiger partial charge < -0.3 is 15.1 Å². The summed E-state index contributed by atoms with van der Waals surface area (Å²) in [5, 5.41) is 3.53. The minimum absolute atomic E-state index is 0.207. The first-order valence-electron chi connectivity index (χ1n) is 10.0. The van der Waals surface area contributed by atoms with E-state index >= 15 is 0 Å². The van der Waals surface area contributed by atoms with Gasteiger partial charge in [-0.3, -0.25) is 4.79 Å². The normalized spacial score (nSPS) is 22.3. The van der Waals surface area contributed by atoms with Crippen LogP contribution in [0.3, 0.4) is 0 Å². The molecule has 4 nitrogen and oxygen atoms in total. The monoisotopic (exact) mass is 363 g/mol. The molecule has 0 spiro atoms. The van der Waals surface area contributed by atoms with Crippen LogP contribution in [0.15, 0.2) is 12.1 Å². The lowest BCUT2D eigenvalue weighted by Crippen LogP contribution is -2.42. The lowest BCUT2D eigenvalue weighted by Gasteiger charge is -2.29. The van der Waals surface area contributed by atoms with Gasteiger partial charge in [0.05, 0.1) is 4.88 Å². The first kappa shape index (κ1) is 18.9. The van der Waals surface area contributed by atoms with E-state index in [1.165, 1.54) is 56.5 Å². The molecule has 2 saturated heterocycles. The molecule has 5 heteroatoms. The fourth-order valence-electron chi connectivity index (χ4n) is 3.93. The molecule has 2 fully saturated rings. The van der Waals surface area contributed by atoms with E-state index in [9.17, 15) is 4.79 Å². The molecule has 0 aliphatic carbocycles. The summed E-state index contributed by atoms with van der Waals surface area (Å²) in [6.07, 6.45) is 7.75. The summed E-state index contributed by atoms with van der Waals surface area (Å²) >= 11 is 1.68. The minimum atomic E-state index is 0.207. The van der Waals surface area contributed by atoms with Crippen LogP contribution in [0, 0.1) is 0 Å². The van der Waals surface area contributed by atoms with Gasteiger partial charge in [0.1, 0.15) is 0 Å². The second-order valence-electron chi connectivity index (χ2n) is 7.70. The van der Waals surface area contributed by atoms with Gasteiger partial charge in [0.25, 0.3) is 5.91 Å². The van der Waals surface area contributed by atoms with Gasteiger partial charge in [0.15, 0.2) is 0 Å². The second-order valence-corrected chi connectivity index (χ2v) is 8.81. The quantitative estimate of drug-likeness (QED) is 0.833. The van der Waals surface area contributed by atoms with Gasteiger partial charge in [-0.2, -0.15) is 0 Å². The molecule has 1 atom stereocenters. The number of nitrogens with zero attached hydrogens (tertiary/aromatic N) is 2. The van der Waals surface area contributed by atoms with Gasteiger partial charge in [0, 0.05) is 30.1 Å². The van der Waals surface area contributed by atoms with Crippen LogP contribution in [0.4, 0.5) is 0 Å². The van der Waals surface area contributed by atoms with Crippen LogP contribution in [0.1, 0.15) is 73.0 Å². The number of rotatable bonds is 6. The SMILES string of the molecule is CC(C)N(CCN1CCCCCC1)C(=O)c1ccc([C@H]2CCCN2)s1. The smallest absolute Gasteiger partial charge is 0.264 e. The highest BCUT2D eigenvalue weighted by Crippen LogP contribution is 2.30. The Kier molecular flexibility index (Phi) is 6.91. The number of carbonyl (C=O) groups excluding carboxylic acids is 1. The Balaban J connectivity index is 1.60. The molecule has 2 aliphatic rings. The molecule has 140 valence electrons. The predicted molar refractivity (Wildman–Crippen MR) is 105 cm³/mol. The molecule has 1 aromatic rings. The summed E-state index contributed by atoms with van der Waals surface area (Å²) in [6.45, 7) is 9.59. The van der Waals surface area contributed by atoms with Crippen molar-refractivity contribution in [3.63, 3.8) is 0 Å². The minimum Gasteiger partial charge on any atom is -0.334 e. The van der Waals surface area contributed by atoms with Gasteiger partial charge in [-0.05, 0) is 71.3 Å². The standard InChI is InChI=1S/C20H33N3OS/c1-16(2)23(15-14-22-12-5-3-4-6-13-22)20(24)19-10-9-18(25-19)17-8-7-11-21-17/h9-10,16-17,21H,3-8,11-15H2,1-2H3/t17-/m1/s1. The zero-order chi connectivity index (χ0) is 17.6. The van der Waals surface area contributed by atoms with Crippen molar-refractivity contribution >= 4 is 17.2 Å². The number of hydrogen-bond acceptors (Lipinski definition) is 4. The number of nitrogens with one attached hydrogen (secondary N) is 1. The third-order valence-corrected chi connectivity index (χ3v) is 6.67. The molecule has 0 aromatic carbocycles. The van der Waals surface area contributed by atoms with E-state index in [1.807, 2.05) is 6.07 Å². The summed E-state index contributed by atoms with van der Waals surface area (Å²) in [5.41, 5.74) is 0. The Morgan fingerprint density at radius 2 is 2.00 bits per heavy atom. The fourth-order valence-corrected chi connectivity index (χ4v) is 5.00. The first-order chi connectivity index (χ1) is 12.1. The highest BCUT2D eigenvalue weighted by molar-refractivity contribution is 7.14. The zero-order valence-corrected chi connectivity index (χ0v) is 16.6. The van der Waals surface area contributed by atoms with Crippen LogP contribution >= 0.6 is 11.3 Å². The molecule has 2 aliphatic heterocycles. The van der Waals surface area contributed by atoms with Crippen LogP contribution in [-0.4, -0.2) is 54.5 Å². The van der Waals surface area contributed by atoms with Gasteiger partial charge in [-0.1, -0.05) is 12.8 Å². The number of likely N-dealkylation sites (tertiary alicyclic amines) is 1. The molecule has 0 bridgehead atoms. The molecule has 1 N–H and O–H groups in total. The Morgan fingerprint density at radius 1 is 1.24 bits per heavy atom. The Morgan fingerprint density at radius 3 is 2.64 bits per heavy atom. The summed E-state index contributed by atoms with van der Waals surface area (Å²) in [4.78, 5) is 19.9. The molecular formula is C20H33N3OS. The molecule has 1 aromatic heterocycles.